The van der Waals surface area contributed by atoms with Crippen molar-refractivity contribution in [3.63, 3.8) is 0 Å². The van der Waals surface area contributed by atoms with E-state index in [1.807, 2.05) is 0 Å². The predicted octanol–water partition coefficient (Wildman–Crippen LogP) is 2.23. The van der Waals surface area contributed by atoms with Gasteiger partial charge in [-0.15, -0.1) is 0 Å². The van der Waals surface area contributed by atoms with Crippen molar-refractivity contribution in [3.05, 3.63) is 0 Å². The minimum absolute atomic E-state index is 0.185. The van der Waals surface area contributed by atoms with Crippen molar-refractivity contribution in [2.24, 2.45) is 11.8 Å². The summed E-state index contributed by atoms with van der Waals surface area (Å²) in [5.74, 6) is 1.46. The molecule has 2 N–H and O–H groups in total. The van der Waals surface area contributed by atoms with E-state index in [2.05, 4.69) is 5.32 Å². The summed E-state index contributed by atoms with van der Waals surface area (Å²) in [5, 5.41) is 12.1. The Morgan fingerprint density at radius 2 is 1.88 bits per heavy atom. The van der Waals surface area contributed by atoms with Gasteiger partial charge in [0.05, 0.1) is 0 Å². The SMILES string of the molecule is O=C(CC1CCCCC1)NC(CCO)C1CC1. The summed E-state index contributed by atoms with van der Waals surface area (Å²) in [6.07, 6.45) is 10.2. The van der Waals surface area contributed by atoms with Crippen LogP contribution in [0.4, 0.5) is 0 Å². The van der Waals surface area contributed by atoms with Crippen LogP contribution in [0.5, 0.6) is 0 Å². The summed E-state index contributed by atoms with van der Waals surface area (Å²) in [5.41, 5.74) is 0. The Kier molecular flexibility index (Phi) is 4.84. The first-order valence-corrected chi connectivity index (χ1v) is 7.20. The summed E-state index contributed by atoms with van der Waals surface area (Å²) in [7, 11) is 0. The van der Waals surface area contributed by atoms with E-state index in [1.54, 1.807) is 0 Å². The van der Waals surface area contributed by atoms with Gasteiger partial charge < -0.3 is 10.4 Å². The van der Waals surface area contributed by atoms with Crippen molar-refractivity contribution in [2.75, 3.05) is 6.61 Å². The van der Waals surface area contributed by atoms with Crippen molar-refractivity contribution >= 4 is 5.91 Å². The Balaban J connectivity index is 1.70. The fourth-order valence-electron chi connectivity index (χ4n) is 2.98. The summed E-state index contributed by atoms with van der Waals surface area (Å²) in [4.78, 5) is 11.9. The lowest BCUT2D eigenvalue weighted by atomic mass is 9.87. The molecule has 2 rings (SSSR count). The number of carbonyl (C=O) groups is 1. The van der Waals surface area contributed by atoms with Crippen molar-refractivity contribution < 1.29 is 9.90 Å². The second-order valence-electron chi connectivity index (χ2n) is 5.73. The molecule has 0 aromatic carbocycles. The molecule has 0 aliphatic heterocycles. The standard InChI is InChI=1S/C14H25NO2/c16-9-8-13(12-6-7-12)15-14(17)10-11-4-2-1-3-5-11/h11-13,16H,1-10H2,(H,15,17). The zero-order valence-corrected chi connectivity index (χ0v) is 10.7. The van der Waals surface area contributed by atoms with Crippen LogP contribution < -0.4 is 5.32 Å². The van der Waals surface area contributed by atoms with Gasteiger partial charge in [-0.25, -0.2) is 0 Å². The number of amides is 1. The van der Waals surface area contributed by atoms with Crippen LogP contribution in [-0.2, 0) is 4.79 Å². The molecule has 0 aromatic heterocycles. The third-order valence-electron chi connectivity index (χ3n) is 4.18. The third-order valence-corrected chi connectivity index (χ3v) is 4.18. The molecule has 1 amide bonds. The number of hydrogen-bond donors (Lipinski definition) is 2. The zero-order valence-electron chi connectivity index (χ0n) is 10.7. The summed E-state index contributed by atoms with van der Waals surface area (Å²) in [6.45, 7) is 0.185. The van der Waals surface area contributed by atoms with Crippen molar-refractivity contribution in [1.82, 2.24) is 5.32 Å². The van der Waals surface area contributed by atoms with Crippen LogP contribution in [0.15, 0.2) is 0 Å². The molecule has 3 nitrogen and oxygen atoms in total. The van der Waals surface area contributed by atoms with E-state index in [0.717, 1.165) is 6.42 Å². The molecule has 0 aromatic rings. The number of aliphatic hydroxyl groups excluding tert-OH is 1. The smallest absolute Gasteiger partial charge is 0.220 e. The van der Waals surface area contributed by atoms with E-state index < -0.39 is 0 Å². The van der Waals surface area contributed by atoms with E-state index in [-0.39, 0.29) is 18.6 Å². The summed E-state index contributed by atoms with van der Waals surface area (Å²) in [6, 6.07) is 0.232. The van der Waals surface area contributed by atoms with Gasteiger partial charge >= 0.3 is 0 Å². The number of rotatable bonds is 6. The third kappa shape index (κ3) is 4.30. The first-order chi connectivity index (χ1) is 8.29. The number of carbonyl (C=O) groups excluding carboxylic acids is 1. The Morgan fingerprint density at radius 1 is 1.18 bits per heavy atom. The molecule has 2 aliphatic rings. The molecule has 0 saturated heterocycles. The first-order valence-electron chi connectivity index (χ1n) is 7.20. The summed E-state index contributed by atoms with van der Waals surface area (Å²) < 4.78 is 0. The van der Waals surface area contributed by atoms with Gasteiger partial charge in [-0.1, -0.05) is 19.3 Å². The van der Waals surface area contributed by atoms with E-state index in [9.17, 15) is 4.79 Å². The highest BCUT2D eigenvalue weighted by molar-refractivity contribution is 5.76. The number of hydrogen-bond acceptors (Lipinski definition) is 2. The largest absolute Gasteiger partial charge is 0.396 e. The molecule has 0 heterocycles. The molecule has 1 atom stereocenters. The molecule has 1 unspecified atom stereocenters. The van der Waals surface area contributed by atoms with Gasteiger partial charge in [-0.2, -0.15) is 0 Å². The highest BCUT2D eigenvalue weighted by Crippen LogP contribution is 2.34. The maximum absolute atomic E-state index is 11.9. The maximum Gasteiger partial charge on any atom is 0.220 e. The van der Waals surface area contributed by atoms with Gasteiger partial charge in [0.15, 0.2) is 0 Å². The minimum Gasteiger partial charge on any atom is -0.396 e. The molecule has 98 valence electrons. The number of nitrogens with one attached hydrogen (secondary N) is 1. The quantitative estimate of drug-likeness (QED) is 0.747. The monoisotopic (exact) mass is 239 g/mol. The number of aliphatic hydroxyl groups is 1. The van der Waals surface area contributed by atoms with Gasteiger partial charge in [-0.05, 0) is 43.9 Å². The second-order valence-corrected chi connectivity index (χ2v) is 5.73. The highest BCUT2D eigenvalue weighted by atomic mass is 16.3. The Labute approximate surface area is 104 Å². The van der Waals surface area contributed by atoms with Crippen LogP contribution >= 0.6 is 0 Å². The molecule has 17 heavy (non-hydrogen) atoms. The van der Waals surface area contributed by atoms with Crippen LogP contribution in [0.3, 0.4) is 0 Å². The molecule has 2 aliphatic carbocycles. The Morgan fingerprint density at radius 3 is 2.47 bits per heavy atom. The normalized spacial score (nSPS) is 23.4. The van der Waals surface area contributed by atoms with E-state index in [1.165, 1.54) is 44.9 Å². The van der Waals surface area contributed by atoms with Gasteiger partial charge in [0.2, 0.25) is 5.91 Å². The van der Waals surface area contributed by atoms with E-state index >= 15 is 0 Å². The molecule has 0 radical (unpaired) electrons. The van der Waals surface area contributed by atoms with E-state index in [4.69, 9.17) is 5.11 Å². The topological polar surface area (TPSA) is 49.3 Å². The first kappa shape index (κ1) is 12.9. The lowest BCUT2D eigenvalue weighted by Gasteiger charge is -2.23. The Bertz CT molecular complexity index is 245. The minimum atomic E-state index is 0.185. The lowest BCUT2D eigenvalue weighted by Crippen LogP contribution is -2.38. The van der Waals surface area contributed by atoms with Gasteiger partial charge in [0.25, 0.3) is 0 Å². The Hall–Kier alpha value is -0.570. The van der Waals surface area contributed by atoms with Crippen molar-refractivity contribution in [2.45, 2.75) is 63.8 Å². The molecular weight excluding hydrogens is 214 g/mol. The van der Waals surface area contributed by atoms with Gasteiger partial charge in [0.1, 0.15) is 0 Å². The van der Waals surface area contributed by atoms with E-state index in [0.29, 0.717) is 18.3 Å². The highest BCUT2D eigenvalue weighted by Gasteiger charge is 2.32. The predicted molar refractivity (Wildman–Crippen MR) is 67.5 cm³/mol. The summed E-state index contributed by atoms with van der Waals surface area (Å²) >= 11 is 0. The molecule has 0 spiro atoms. The average molecular weight is 239 g/mol. The van der Waals surface area contributed by atoms with Crippen LogP contribution in [0.2, 0.25) is 0 Å². The molecule has 2 saturated carbocycles. The van der Waals surface area contributed by atoms with Crippen molar-refractivity contribution in [1.29, 1.82) is 0 Å². The maximum atomic E-state index is 11.9. The van der Waals surface area contributed by atoms with Crippen LogP contribution in [0.25, 0.3) is 0 Å². The zero-order chi connectivity index (χ0) is 12.1. The lowest BCUT2D eigenvalue weighted by molar-refractivity contribution is -0.123. The molecule has 0 bridgehead atoms. The average Bonchev–Trinajstić information content (AvgIpc) is 3.13. The van der Waals surface area contributed by atoms with Crippen LogP contribution in [0.1, 0.15) is 57.8 Å². The molecule has 2 fully saturated rings. The molecular formula is C14H25NO2. The fourth-order valence-corrected chi connectivity index (χ4v) is 2.98. The molecule has 3 heteroatoms. The van der Waals surface area contributed by atoms with Crippen molar-refractivity contribution in [3.8, 4) is 0 Å². The van der Waals surface area contributed by atoms with Gasteiger partial charge in [-0.3, -0.25) is 4.79 Å². The fraction of sp³-hybridized carbons (Fsp3) is 0.929. The van der Waals surface area contributed by atoms with Gasteiger partial charge in [0, 0.05) is 19.1 Å². The second kappa shape index (κ2) is 6.39. The van der Waals surface area contributed by atoms with Crippen LogP contribution in [-0.4, -0.2) is 23.7 Å². The van der Waals surface area contributed by atoms with Crippen LogP contribution in [0, 0.1) is 11.8 Å².